The summed E-state index contributed by atoms with van der Waals surface area (Å²) in [7, 11) is 0. The van der Waals surface area contributed by atoms with Gasteiger partial charge in [-0.3, -0.25) is 0 Å². The zero-order valence-corrected chi connectivity index (χ0v) is 12.6. The Balaban J connectivity index is 2.16. The number of aromatic nitrogens is 2. The van der Waals surface area contributed by atoms with Crippen molar-refractivity contribution in [3.63, 3.8) is 0 Å². The van der Waals surface area contributed by atoms with Crippen molar-refractivity contribution in [1.82, 2.24) is 9.19 Å². The Hall–Kier alpha value is -2.43. The summed E-state index contributed by atoms with van der Waals surface area (Å²) in [5.74, 6) is 0. The number of benzene rings is 2. The van der Waals surface area contributed by atoms with Crippen molar-refractivity contribution in [3.05, 3.63) is 48.5 Å². The predicted molar refractivity (Wildman–Crippen MR) is 81.6 cm³/mol. The second-order valence-corrected chi connectivity index (χ2v) is 6.24. The van der Waals surface area contributed by atoms with Gasteiger partial charge in [-0.2, -0.15) is 0 Å². The van der Waals surface area contributed by atoms with E-state index in [-0.39, 0.29) is 14.7 Å². The number of hydrogen-bond donors (Lipinski definition) is 1. The van der Waals surface area contributed by atoms with Gasteiger partial charge in [0.25, 0.3) is 0 Å². The second-order valence-electron chi connectivity index (χ2n) is 4.66. The van der Waals surface area contributed by atoms with Crippen LogP contribution in [0.25, 0.3) is 21.3 Å². The van der Waals surface area contributed by atoms with Crippen molar-refractivity contribution in [2.45, 2.75) is 0 Å². The third-order valence-corrected chi connectivity index (χ3v) is 5.09. The zero-order valence-electron chi connectivity index (χ0n) is 10.9. The molecule has 4 rings (SSSR count). The predicted octanol–water partition coefficient (Wildman–Crippen LogP) is 2.40. The van der Waals surface area contributed by atoms with Crippen LogP contribution in [0.4, 0.5) is 16.2 Å². The number of carbonyl (C=O) groups is 1. The Kier molecular flexibility index (Phi) is 2.67. The van der Waals surface area contributed by atoms with Gasteiger partial charge in [-0.05, 0) is 0 Å². The molecular formula is C15H10N4OSe. The van der Waals surface area contributed by atoms with Crippen LogP contribution in [-0.2, 0) is 0 Å². The third kappa shape index (κ3) is 1.73. The van der Waals surface area contributed by atoms with Gasteiger partial charge < -0.3 is 0 Å². The molecule has 0 fully saturated rings. The van der Waals surface area contributed by atoms with E-state index >= 15 is 0 Å². The summed E-state index contributed by atoms with van der Waals surface area (Å²) in [5.41, 5.74) is 9.90. The topological polar surface area (TPSA) is 72.1 Å². The molecule has 0 unspecified atom stereocenters. The first-order chi connectivity index (χ1) is 10.3. The summed E-state index contributed by atoms with van der Waals surface area (Å²) in [6.07, 6.45) is 0. The number of fused-ring (bicyclic) bond motifs is 5. The van der Waals surface area contributed by atoms with Crippen molar-refractivity contribution in [3.8, 4) is 21.3 Å². The number of amides is 2. The number of hydrogen-bond acceptors (Lipinski definition) is 3. The van der Waals surface area contributed by atoms with Crippen LogP contribution in [0, 0.1) is 0 Å². The molecule has 3 aromatic rings. The Morgan fingerprint density at radius 2 is 1.62 bits per heavy atom. The molecule has 2 N–H and O–H groups in total. The number of nitrogens with two attached hydrogens (primary N) is 1. The Labute approximate surface area is 127 Å². The monoisotopic (exact) mass is 342 g/mol. The van der Waals surface area contributed by atoms with E-state index in [0.29, 0.717) is 0 Å². The van der Waals surface area contributed by atoms with Crippen LogP contribution in [-0.4, -0.2) is 30.0 Å². The van der Waals surface area contributed by atoms with Gasteiger partial charge in [-0.15, -0.1) is 0 Å². The molecule has 1 aliphatic rings. The third-order valence-electron chi connectivity index (χ3n) is 3.50. The summed E-state index contributed by atoms with van der Waals surface area (Å²) < 4.78 is 5.31. The molecular weight excluding hydrogens is 331 g/mol. The van der Waals surface area contributed by atoms with Crippen molar-refractivity contribution in [1.29, 1.82) is 0 Å². The molecule has 0 atom stereocenters. The normalized spacial score (nSPS) is 12.1. The number of anilines is 2. The molecule has 0 saturated carbocycles. The van der Waals surface area contributed by atoms with Gasteiger partial charge >= 0.3 is 127 Å². The van der Waals surface area contributed by atoms with Gasteiger partial charge in [0.2, 0.25) is 0 Å². The molecule has 0 bridgehead atoms. The van der Waals surface area contributed by atoms with Gasteiger partial charge in [0.05, 0.1) is 0 Å². The molecule has 5 nitrogen and oxygen atoms in total. The number of nitrogens with zero attached hydrogens (tertiary/aromatic N) is 3. The van der Waals surface area contributed by atoms with Crippen molar-refractivity contribution < 1.29 is 4.79 Å². The SMILES string of the molecule is NC(=O)N1c2ccccc2-c2nn[se]c2-c2ccccc21. The molecule has 0 radical (unpaired) electrons. The summed E-state index contributed by atoms with van der Waals surface area (Å²) >= 11 is -0.0772. The first-order valence-corrected chi connectivity index (χ1v) is 8.00. The van der Waals surface area contributed by atoms with Gasteiger partial charge in [-0.25, -0.2) is 0 Å². The summed E-state index contributed by atoms with van der Waals surface area (Å²) in [4.78, 5) is 13.6. The van der Waals surface area contributed by atoms with Crippen molar-refractivity contribution in [2.75, 3.05) is 4.90 Å². The van der Waals surface area contributed by atoms with Gasteiger partial charge in [0.1, 0.15) is 0 Å². The number of urea groups is 1. The summed E-state index contributed by atoms with van der Waals surface area (Å²) in [6, 6.07) is 14.9. The Morgan fingerprint density at radius 1 is 1.00 bits per heavy atom. The van der Waals surface area contributed by atoms with E-state index in [1.54, 1.807) is 4.90 Å². The van der Waals surface area contributed by atoms with Crippen LogP contribution in [0.2, 0.25) is 0 Å². The average molecular weight is 341 g/mol. The average Bonchev–Trinajstić information content (AvgIpc) is 2.93. The molecule has 0 spiro atoms. The van der Waals surface area contributed by atoms with E-state index in [1.165, 1.54) is 0 Å². The number of carbonyl (C=O) groups excluding carboxylic acids is 1. The fraction of sp³-hybridized carbons (Fsp3) is 0. The molecule has 0 aliphatic carbocycles. The minimum absolute atomic E-state index is 0.0772. The van der Waals surface area contributed by atoms with Crippen LogP contribution in [0.15, 0.2) is 48.5 Å². The summed E-state index contributed by atoms with van der Waals surface area (Å²) in [5, 5.41) is 4.31. The Morgan fingerprint density at radius 3 is 2.33 bits per heavy atom. The fourth-order valence-corrected chi connectivity index (χ4v) is 4.13. The maximum atomic E-state index is 12.0. The number of rotatable bonds is 0. The van der Waals surface area contributed by atoms with Crippen LogP contribution >= 0.6 is 0 Å². The molecule has 2 heterocycles. The van der Waals surface area contributed by atoms with E-state index in [2.05, 4.69) is 9.19 Å². The second kappa shape index (κ2) is 4.55. The van der Waals surface area contributed by atoms with E-state index in [1.807, 2.05) is 48.5 Å². The quantitative estimate of drug-likeness (QED) is 0.638. The first-order valence-electron chi connectivity index (χ1n) is 6.38. The van der Waals surface area contributed by atoms with E-state index in [0.717, 1.165) is 32.6 Å². The van der Waals surface area contributed by atoms with Gasteiger partial charge in [0, 0.05) is 0 Å². The molecule has 102 valence electrons. The summed E-state index contributed by atoms with van der Waals surface area (Å²) in [6.45, 7) is 0. The molecule has 21 heavy (non-hydrogen) atoms. The number of primary amides is 1. The standard InChI is InChI=1S/C15H10N4OSe/c16-15(20)19-11-7-3-1-5-9(11)13-14(21-18-17-13)10-6-2-4-8-12(10)19/h1-8H,(H2,16,20). The Bertz CT molecular complexity index is 796. The molecule has 1 aliphatic heterocycles. The van der Waals surface area contributed by atoms with Crippen molar-refractivity contribution >= 4 is 32.1 Å². The minimum atomic E-state index is -0.500. The molecule has 2 amide bonds. The molecule has 6 heteroatoms. The fourth-order valence-electron chi connectivity index (χ4n) is 2.64. The van der Waals surface area contributed by atoms with E-state index in [9.17, 15) is 4.79 Å². The van der Waals surface area contributed by atoms with Gasteiger partial charge in [0.15, 0.2) is 0 Å². The van der Waals surface area contributed by atoms with E-state index in [4.69, 9.17) is 5.73 Å². The van der Waals surface area contributed by atoms with Crippen LogP contribution in [0.5, 0.6) is 0 Å². The van der Waals surface area contributed by atoms with Crippen LogP contribution in [0.1, 0.15) is 0 Å². The molecule has 1 aromatic heterocycles. The van der Waals surface area contributed by atoms with Crippen LogP contribution in [0.3, 0.4) is 0 Å². The number of para-hydroxylation sites is 2. The van der Waals surface area contributed by atoms with Crippen molar-refractivity contribution in [2.24, 2.45) is 5.73 Å². The first kappa shape index (κ1) is 12.3. The molecule has 2 aromatic carbocycles. The zero-order chi connectivity index (χ0) is 14.4. The van der Waals surface area contributed by atoms with Crippen LogP contribution < -0.4 is 10.6 Å². The maximum absolute atomic E-state index is 12.0. The van der Waals surface area contributed by atoms with E-state index < -0.39 is 6.03 Å². The molecule has 0 saturated heterocycles. The van der Waals surface area contributed by atoms with Gasteiger partial charge in [-0.1, -0.05) is 0 Å².